The van der Waals surface area contributed by atoms with Crippen molar-refractivity contribution in [2.75, 3.05) is 20.2 Å². The molecule has 0 saturated heterocycles. The lowest BCUT2D eigenvalue weighted by Crippen LogP contribution is -2.33. The fourth-order valence-corrected chi connectivity index (χ4v) is 2.12. The molecular weight excluding hydrogens is 236 g/mol. The van der Waals surface area contributed by atoms with Crippen LogP contribution in [0.4, 0.5) is 0 Å². The average molecular weight is 264 g/mol. The number of hydrogen-bond donors (Lipinski definition) is 2. The molecule has 0 aliphatic carbocycles. The predicted octanol–water partition coefficient (Wildman–Crippen LogP) is 2.65. The van der Waals surface area contributed by atoms with Crippen molar-refractivity contribution in [3.8, 4) is 5.75 Å². The topological polar surface area (TPSA) is 47.3 Å². The number of methoxy groups -OCH3 is 1. The van der Waals surface area contributed by atoms with Crippen LogP contribution in [0.2, 0.25) is 0 Å². The van der Waals surface area contributed by atoms with E-state index in [9.17, 15) is 0 Å². The van der Waals surface area contributed by atoms with Gasteiger partial charge >= 0.3 is 0 Å². The monoisotopic (exact) mass is 264 g/mol. The van der Waals surface area contributed by atoms with Gasteiger partial charge in [-0.05, 0) is 70.3 Å². The van der Waals surface area contributed by atoms with Crippen molar-refractivity contribution in [1.82, 2.24) is 5.32 Å². The number of ether oxygens (including phenoxy) is 1. The molecule has 0 heterocycles. The lowest BCUT2D eigenvalue weighted by molar-refractivity contribution is 0.411. The maximum Gasteiger partial charge on any atom is 0.121 e. The first-order valence-electron chi connectivity index (χ1n) is 7.05. The fourth-order valence-electron chi connectivity index (χ4n) is 2.12. The molecule has 1 aromatic rings. The maximum absolute atomic E-state index is 5.95. The van der Waals surface area contributed by atoms with Crippen molar-refractivity contribution in [3.05, 3.63) is 29.3 Å². The van der Waals surface area contributed by atoms with E-state index < -0.39 is 0 Å². The SMILES string of the molecule is COc1ccc(CCNCCCC(C)(C)N)cc1C. The predicted molar refractivity (Wildman–Crippen MR) is 81.8 cm³/mol. The molecule has 3 nitrogen and oxygen atoms in total. The van der Waals surface area contributed by atoms with Gasteiger partial charge in [0.15, 0.2) is 0 Å². The highest BCUT2D eigenvalue weighted by Gasteiger charge is 2.08. The molecule has 0 bridgehead atoms. The summed E-state index contributed by atoms with van der Waals surface area (Å²) < 4.78 is 5.26. The molecule has 0 saturated carbocycles. The number of nitrogens with two attached hydrogens (primary N) is 1. The molecule has 19 heavy (non-hydrogen) atoms. The minimum Gasteiger partial charge on any atom is -0.496 e. The molecule has 0 unspecified atom stereocenters. The van der Waals surface area contributed by atoms with Gasteiger partial charge in [0, 0.05) is 5.54 Å². The Morgan fingerprint density at radius 3 is 2.58 bits per heavy atom. The van der Waals surface area contributed by atoms with Crippen LogP contribution in [-0.4, -0.2) is 25.7 Å². The van der Waals surface area contributed by atoms with E-state index in [0.717, 1.165) is 38.1 Å². The Balaban J connectivity index is 2.21. The molecule has 0 amide bonds. The summed E-state index contributed by atoms with van der Waals surface area (Å²) in [4.78, 5) is 0. The highest BCUT2D eigenvalue weighted by atomic mass is 16.5. The number of hydrogen-bond acceptors (Lipinski definition) is 3. The standard InChI is InChI=1S/C16H28N2O/c1-13-12-14(6-7-15(13)19-4)8-11-18-10-5-9-16(2,3)17/h6-7,12,18H,5,8-11,17H2,1-4H3. The molecule has 1 rings (SSSR count). The summed E-state index contributed by atoms with van der Waals surface area (Å²) in [7, 11) is 1.71. The van der Waals surface area contributed by atoms with Crippen LogP contribution in [0, 0.1) is 6.92 Å². The summed E-state index contributed by atoms with van der Waals surface area (Å²) in [6.45, 7) is 8.28. The lowest BCUT2D eigenvalue weighted by atomic mass is 10.0. The van der Waals surface area contributed by atoms with Gasteiger partial charge in [-0.3, -0.25) is 0 Å². The van der Waals surface area contributed by atoms with E-state index in [1.807, 2.05) is 6.07 Å². The number of nitrogens with one attached hydrogen (secondary N) is 1. The van der Waals surface area contributed by atoms with Gasteiger partial charge in [0.25, 0.3) is 0 Å². The highest BCUT2D eigenvalue weighted by molar-refractivity contribution is 5.36. The lowest BCUT2D eigenvalue weighted by Gasteiger charge is -2.18. The van der Waals surface area contributed by atoms with Gasteiger partial charge in [0.05, 0.1) is 7.11 Å². The van der Waals surface area contributed by atoms with Gasteiger partial charge in [0.1, 0.15) is 5.75 Å². The second kappa shape index (κ2) is 7.51. The molecule has 0 aromatic heterocycles. The van der Waals surface area contributed by atoms with E-state index in [1.165, 1.54) is 11.1 Å². The molecule has 0 spiro atoms. The molecule has 0 aliphatic heterocycles. The molecule has 108 valence electrons. The summed E-state index contributed by atoms with van der Waals surface area (Å²) >= 11 is 0. The minimum atomic E-state index is -0.0468. The van der Waals surface area contributed by atoms with Crippen LogP contribution in [-0.2, 0) is 6.42 Å². The number of rotatable bonds is 8. The zero-order valence-electron chi connectivity index (χ0n) is 12.8. The van der Waals surface area contributed by atoms with E-state index in [2.05, 4.69) is 38.2 Å². The Morgan fingerprint density at radius 1 is 1.26 bits per heavy atom. The van der Waals surface area contributed by atoms with Crippen molar-refractivity contribution >= 4 is 0 Å². The summed E-state index contributed by atoms with van der Waals surface area (Å²) in [5.74, 6) is 0.960. The second-order valence-corrected chi connectivity index (χ2v) is 5.90. The smallest absolute Gasteiger partial charge is 0.121 e. The maximum atomic E-state index is 5.95. The molecule has 0 aliphatic rings. The summed E-state index contributed by atoms with van der Waals surface area (Å²) in [6, 6.07) is 6.38. The Morgan fingerprint density at radius 2 is 2.00 bits per heavy atom. The van der Waals surface area contributed by atoms with E-state index in [1.54, 1.807) is 7.11 Å². The average Bonchev–Trinajstić information content (AvgIpc) is 2.32. The van der Waals surface area contributed by atoms with Crippen molar-refractivity contribution < 1.29 is 4.74 Å². The summed E-state index contributed by atoms with van der Waals surface area (Å²) in [6.07, 6.45) is 3.24. The zero-order chi connectivity index (χ0) is 14.3. The molecule has 3 N–H and O–H groups in total. The van der Waals surface area contributed by atoms with Crippen LogP contribution in [0.25, 0.3) is 0 Å². The van der Waals surface area contributed by atoms with Gasteiger partial charge in [-0.2, -0.15) is 0 Å². The highest BCUT2D eigenvalue weighted by Crippen LogP contribution is 2.18. The molecule has 0 fully saturated rings. The van der Waals surface area contributed by atoms with Gasteiger partial charge in [-0.25, -0.2) is 0 Å². The second-order valence-electron chi connectivity index (χ2n) is 5.90. The molecule has 1 aromatic carbocycles. The van der Waals surface area contributed by atoms with Gasteiger partial charge in [-0.15, -0.1) is 0 Å². The Bertz CT molecular complexity index is 383. The number of aryl methyl sites for hydroxylation is 1. The molecule has 0 radical (unpaired) electrons. The first kappa shape index (κ1) is 16.0. The first-order valence-corrected chi connectivity index (χ1v) is 7.05. The van der Waals surface area contributed by atoms with E-state index >= 15 is 0 Å². The zero-order valence-corrected chi connectivity index (χ0v) is 12.8. The summed E-state index contributed by atoms with van der Waals surface area (Å²) in [5, 5.41) is 3.47. The van der Waals surface area contributed by atoms with Crippen molar-refractivity contribution in [2.45, 2.75) is 45.6 Å². The van der Waals surface area contributed by atoms with Crippen LogP contribution < -0.4 is 15.8 Å². The van der Waals surface area contributed by atoms with Gasteiger partial charge in [-0.1, -0.05) is 12.1 Å². The van der Waals surface area contributed by atoms with Crippen LogP contribution >= 0.6 is 0 Å². The van der Waals surface area contributed by atoms with Gasteiger partial charge < -0.3 is 15.8 Å². The third-order valence-corrected chi connectivity index (χ3v) is 3.22. The third-order valence-electron chi connectivity index (χ3n) is 3.22. The molecular formula is C16H28N2O. The van der Waals surface area contributed by atoms with Crippen LogP contribution in [0.3, 0.4) is 0 Å². The van der Waals surface area contributed by atoms with Crippen LogP contribution in [0.5, 0.6) is 5.75 Å². The summed E-state index contributed by atoms with van der Waals surface area (Å²) in [5.41, 5.74) is 8.45. The Labute approximate surface area is 117 Å². The fraction of sp³-hybridized carbons (Fsp3) is 0.625. The Kier molecular flexibility index (Phi) is 6.32. The molecule has 0 atom stereocenters. The minimum absolute atomic E-state index is 0.0468. The van der Waals surface area contributed by atoms with Gasteiger partial charge in [0.2, 0.25) is 0 Å². The van der Waals surface area contributed by atoms with Crippen LogP contribution in [0.1, 0.15) is 37.8 Å². The Hall–Kier alpha value is -1.06. The first-order chi connectivity index (χ1) is 8.92. The normalized spacial score (nSPS) is 11.6. The quantitative estimate of drug-likeness (QED) is 0.710. The third kappa shape index (κ3) is 6.60. The van der Waals surface area contributed by atoms with E-state index in [-0.39, 0.29) is 5.54 Å². The van der Waals surface area contributed by atoms with Crippen LogP contribution in [0.15, 0.2) is 18.2 Å². The molecule has 3 heteroatoms. The van der Waals surface area contributed by atoms with Crippen molar-refractivity contribution in [1.29, 1.82) is 0 Å². The largest absolute Gasteiger partial charge is 0.496 e. The van der Waals surface area contributed by atoms with Crippen molar-refractivity contribution in [3.63, 3.8) is 0 Å². The van der Waals surface area contributed by atoms with Crippen molar-refractivity contribution in [2.24, 2.45) is 5.73 Å². The number of benzene rings is 1. The van der Waals surface area contributed by atoms with E-state index in [4.69, 9.17) is 10.5 Å². The van der Waals surface area contributed by atoms with E-state index in [0.29, 0.717) is 0 Å².